The van der Waals surface area contributed by atoms with E-state index in [9.17, 15) is 4.79 Å². The van der Waals surface area contributed by atoms with Crippen LogP contribution < -0.4 is 10.1 Å². The Morgan fingerprint density at radius 1 is 1.08 bits per heavy atom. The molecule has 0 saturated carbocycles. The molecule has 2 aromatic carbocycles. The molecule has 2 aromatic rings. The fourth-order valence-electron chi connectivity index (χ4n) is 2.79. The normalized spacial score (nSPS) is 11.9. The molecule has 1 N–H and O–H groups in total. The Balaban J connectivity index is 1.84. The first-order chi connectivity index (χ1) is 11.9. The van der Waals surface area contributed by atoms with Crippen LogP contribution in [0, 0.1) is 20.8 Å². The molecule has 0 aliphatic rings. The van der Waals surface area contributed by atoms with Crippen molar-refractivity contribution in [3.63, 3.8) is 0 Å². The molecule has 0 aliphatic heterocycles. The van der Waals surface area contributed by atoms with Gasteiger partial charge in [0.05, 0.1) is 18.9 Å². The Kier molecular flexibility index (Phi) is 6.94. The summed E-state index contributed by atoms with van der Waals surface area (Å²) in [4.78, 5) is 12.2. The monoisotopic (exact) mass is 357 g/mol. The van der Waals surface area contributed by atoms with E-state index in [1.54, 1.807) is 18.9 Å². The van der Waals surface area contributed by atoms with Crippen LogP contribution in [-0.2, 0) is 10.5 Å². The highest BCUT2D eigenvalue weighted by molar-refractivity contribution is 7.99. The Morgan fingerprint density at radius 3 is 2.36 bits per heavy atom. The van der Waals surface area contributed by atoms with Crippen molar-refractivity contribution in [2.75, 3.05) is 12.9 Å². The molecule has 1 amide bonds. The van der Waals surface area contributed by atoms with Gasteiger partial charge in [0.2, 0.25) is 5.91 Å². The number of aryl methyl sites for hydroxylation is 3. The molecule has 134 valence electrons. The summed E-state index contributed by atoms with van der Waals surface area (Å²) in [6, 6.07) is 12.3. The predicted octanol–water partition coefficient (Wildman–Crippen LogP) is 4.73. The summed E-state index contributed by atoms with van der Waals surface area (Å²) in [5.74, 6) is 2.20. The fraction of sp³-hybridized carbons (Fsp3) is 0.381. The first-order valence-electron chi connectivity index (χ1n) is 8.48. The lowest BCUT2D eigenvalue weighted by Crippen LogP contribution is -2.28. The number of carbonyl (C=O) groups excluding carboxylic acids is 1. The molecule has 0 heterocycles. The molecule has 0 spiro atoms. The van der Waals surface area contributed by atoms with Gasteiger partial charge in [-0.3, -0.25) is 4.79 Å². The van der Waals surface area contributed by atoms with E-state index in [-0.39, 0.29) is 11.9 Å². The quantitative estimate of drug-likeness (QED) is 0.778. The lowest BCUT2D eigenvalue weighted by molar-refractivity contribution is -0.119. The Morgan fingerprint density at radius 2 is 1.72 bits per heavy atom. The van der Waals surface area contributed by atoms with Crippen molar-refractivity contribution in [1.82, 2.24) is 5.32 Å². The van der Waals surface area contributed by atoms with Gasteiger partial charge in [-0.1, -0.05) is 24.3 Å². The maximum Gasteiger partial charge on any atom is 0.230 e. The largest absolute Gasteiger partial charge is 0.497 e. The van der Waals surface area contributed by atoms with Gasteiger partial charge >= 0.3 is 0 Å². The summed E-state index contributed by atoms with van der Waals surface area (Å²) in [6.07, 6.45) is 0. The minimum absolute atomic E-state index is 0.0217. The van der Waals surface area contributed by atoms with Crippen LogP contribution in [0.3, 0.4) is 0 Å². The molecule has 0 fully saturated rings. The third kappa shape index (κ3) is 5.53. The summed E-state index contributed by atoms with van der Waals surface area (Å²) < 4.78 is 5.15. The molecule has 2 rings (SSSR count). The van der Waals surface area contributed by atoms with E-state index in [4.69, 9.17) is 4.74 Å². The van der Waals surface area contributed by atoms with Crippen LogP contribution in [0.5, 0.6) is 5.75 Å². The molecule has 3 nitrogen and oxygen atoms in total. The lowest BCUT2D eigenvalue weighted by Gasteiger charge is -2.18. The molecule has 25 heavy (non-hydrogen) atoms. The lowest BCUT2D eigenvalue weighted by atomic mass is 9.96. The van der Waals surface area contributed by atoms with Crippen LogP contribution in [0.2, 0.25) is 0 Å². The Bertz CT molecular complexity index is 725. The number of thioether (sulfide) groups is 1. The smallest absolute Gasteiger partial charge is 0.230 e. The van der Waals surface area contributed by atoms with Crippen molar-refractivity contribution >= 4 is 17.7 Å². The van der Waals surface area contributed by atoms with E-state index in [1.165, 1.54) is 27.8 Å². The zero-order valence-corrected chi connectivity index (χ0v) is 16.5. The first-order valence-corrected chi connectivity index (χ1v) is 9.64. The van der Waals surface area contributed by atoms with Gasteiger partial charge in [0.1, 0.15) is 5.75 Å². The van der Waals surface area contributed by atoms with Crippen molar-refractivity contribution in [3.8, 4) is 5.75 Å². The van der Waals surface area contributed by atoms with Gasteiger partial charge in [0, 0.05) is 5.75 Å². The Hall–Kier alpha value is -1.94. The molecule has 0 saturated heterocycles. The number of rotatable bonds is 7. The molecule has 0 aromatic heterocycles. The van der Waals surface area contributed by atoms with Crippen molar-refractivity contribution in [3.05, 3.63) is 64.2 Å². The van der Waals surface area contributed by atoms with E-state index >= 15 is 0 Å². The van der Waals surface area contributed by atoms with E-state index in [1.807, 2.05) is 31.2 Å². The number of ether oxygens (including phenoxy) is 1. The van der Waals surface area contributed by atoms with Gasteiger partial charge in [-0.15, -0.1) is 11.8 Å². The summed E-state index contributed by atoms with van der Waals surface area (Å²) in [7, 11) is 1.66. The number of benzene rings is 2. The highest BCUT2D eigenvalue weighted by Gasteiger charge is 2.13. The maximum absolute atomic E-state index is 12.2. The molecular formula is C21H27NO2S. The highest BCUT2D eigenvalue weighted by atomic mass is 32.2. The maximum atomic E-state index is 12.2. The number of hydrogen-bond donors (Lipinski definition) is 1. The van der Waals surface area contributed by atoms with E-state index < -0.39 is 0 Å². The topological polar surface area (TPSA) is 38.3 Å². The third-order valence-electron chi connectivity index (χ3n) is 4.39. The van der Waals surface area contributed by atoms with Crippen molar-refractivity contribution in [1.29, 1.82) is 0 Å². The van der Waals surface area contributed by atoms with Crippen LogP contribution in [0.4, 0.5) is 0 Å². The zero-order valence-electron chi connectivity index (χ0n) is 15.7. The number of hydrogen-bond acceptors (Lipinski definition) is 3. The van der Waals surface area contributed by atoms with Crippen molar-refractivity contribution in [2.45, 2.75) is 39.5 Å². The van der Waals surface area contributed by atoms with Crippen LogP contribution in [0.25, 0.3) is 0 Å². The predicted molar refractivity (Wildman–Crippen MR) is 106 cm³/mol. The van der Waals surface area contributed by atoms with Gasteiger partial charge in [-0.25, -0.2) is 0 Å². The van der Waals surface area contributed by atoms with E-state index in [2.05, 4.69) is 38.2 Å². The summed E-state index contributed by atoms with van der Waals surface area (Å²) >= 11 is 1.62. The molecule has 0 radical (unpaired) electrons. The third-order valence-corrected chi connectivity index (χ3v) is 5.39. The molecule has 0 bridgehead atoms. The first kappa shape index (κ1) is 19.4. The molecular weight excluding hydrogens is 330 g/mol. The van der Waals surface area contributed by atoms with Crippen LogP contribution in [0.15, 0.2) is 36.4 Å². The van der Waals surface area contributed by atoms with E-state index in [0.29, 0.717) is 5.75 Å². The standard InChI is InChI=1S/C21H27NO2S/c1-14-10-16(3)20(11-15(14)2)17(4)22-21(23)13-25-12-18-6-8-19(24-5)9-7-18/h6-11,17H,12-13H2,1-5H3,(H,22,23)/t17-/m1/s1. The van der Waals surface area contributed by atoms with Crippen LogP contribution >= 0.6 is 11.8 Å². The summed E-state index contributed by atoms with van der Waals surface area (Å²) in [5.41, 5.74) is 6.15. The average molecular weight is 358 g/mol. The van der Waals surface area contributed by atoms with Crippen LogP contribution in [-0.4, -0.2) is 18.8 Å². The minimum atomic E-state index is 0.0217. The van der Waals surface area contributed by atoms with Gasteiger partial charge in [0.25, 0.3) is 0 Å². The SMILES string of the molecule is COc1ccc(CSCC(=O)N[C@H](C)c2cc(C)c(C)cc2C)cc1. The van der Waals surface area contributed by atoms with Crippen molar-refractivity contribution < 1.29 is 9.53 Å². The van der Waals surface area contributed by atoms with Gasteiger partial charge in [-0.2, -0.15) is 0 Å². The second kappa shape index (κ2) is 8.95. The second-order valence-electron chi connectivity index (χ2n) is 6.42. The minimum Gasteiger partial charge on any atom is -0.497 e. The number of carbonyl (C=O) groups is 1. The summed E-state index contributed by atoms with van der Waals surface area (Å²) in [6.45, 7) is 8.37. The highest BCUT2D eigenvalue weighted by Crippen LogP contribution is 2.22. The molecule has 0 aliphatic carbocycles. The van der Waals surface area contributed by atoms with Gasteiger partial charge < -0.3 is 10.1 Å². The van der Waals surface area contributed by atoms with Crippen molar-refractivity contribution in [2.24, 2.45) is 0 Å². The molecule has 1 atom stereocenters. The molecule has 4 heteroatoms. The number of methoxy groups -OCH3 is 1. The number of amides is 1. The Labute approximate surface area is 155 Å². The van der Waals surface area contributed by atoms with Crippen LogP contribution in [0.1, 0.15) is 40.8 Å². The van der Waals surface area contributed by atoms with Gasteiger partial charge in [-0.05, 0) is 67.6 Å². The average Bonchev–Trinajstić information content (AvgIpc) is 2.58. The summed E-state index contributed by atoms with van der Waals surface area (Å²) in [5, 5.41) is 3.11. The van der Waals surface area contributed by atoms with E-state index in [0.717, 1.165) is 11.5 Å². The number of nitrogens with one attached hydrogen (secondary N) is 1. The zero-order chi connectivity index (χ0) is 18.4. The van der Waals surface area contributed by atoms with Gasteiger partial charge in [0.15, 0.2) is 0 Å². The molecule has 0 unspecified atom stereocenters. The second-order valence-corrected chi connectivity index (χ2v) is 7.41. The fourth-order valence-corrected chi connectivity index (χ4v) is 3.59.